The van der Waals surface area contributed by atoms with Gasteiger partial charge in [0.1, 0.15) is 11.8 Å². The second-order valence-corrected chi connectivity index (χ2v) is 8.19. The quantitative estimate of drug-likeness (QED) is 0.573. The van der Waals surface area contributed by atoms with Gasteiger partial charge >= 0.3 is 5.97 Å². The number of carbonyl (C=O) groups excluding carboxylic acids is 2. The fourth-order valence-electron chi connectivity index (χ4n) is 3.13. The number of ether oxygens (including phenoxy) is 2. The number of nitrogens with zero attached hydrogens (tertiary/aromatic N) is 1. The lowest BCUT2D eigenvalue weighted by molar-refractivity contribution is -0.139. The number of hydrogen-bond donors (Lipinski definition) is 2. The molecule has 1 heterocycles. The molecule has 9 heteroatoms. The molecule has 3 rings (SSSR count). The Morgan fingerprint density at radius 2 is 2.00 bits per heavy atom. The van der Waals surface area contributed by atoms with Crippen LogP contribution in [0.25, 0.3) is 0 Å². The Bertz CT molecular complexity index is 1070. The van der Waals surface area contributed by atoms with E-state index in [1.165, 1.54) is 11.8 Å². The van der Waals surface area contributed by atoms with Gasteiger partial charge in [-0.15, -0.1) is 0 Å². The van der Waals surface area contributed by atoms with Crippen LogP contribution in [-0.4, -0.2) is 36.5 Å². The van der Waals surface area contributed by atoms with Gasteiger partial charge in [0.2, 0.25) is 5.91 Å². The van der Waals surface area contributed by atoms with Crippen LogP contribution in [-0.2, 0) is 14.3 Å². The number of rotatable bonds is 7. The molecule has 0 radical (unpaired) electrons. The molecule has 2 aromatic rings. The van der Waals surface area contributed by atoms with E-state index in [0.29, 0.717) is 32.9 Å². The van der Waals surface area contributed by atoms with E-state index in [4.69, 9.17) is 26.1 Å². The summed E-state index contributed by atoms with van der Waals surface area (Å²) in [4.78, 5) is 29.8. The van der Waals surface area contributed by atoms with Crippen LogP contribution >= 0.6 is 23.4 Å². The molecule has 1 atom stereocenters. The minimum absolute atomic E-state index is 0.115. The lowest BCUT2D eigenvalue weighted by Gasteiger charge is -2.26. The molecule has 2 N–H and O–H groups in total. The number of halogens is 1. The fraction of sp³-hybridized carbons (Fsp3) is 0.261. The van der Waals surface area contributed by atoms with Gasteiger partial charge in [-0.3, -0.25) is 4.79 Å². The largest absolute Gasteiger partial charge is 0.497 e. The van der Waals surface area contributed by atoms with Gasteiger partial charge in [0.15, 0.2) is 5.17 Å². The van der Waals surface area contributed by atoms with Crippen LogP contribution in [0, 0.1) is 0 Å². The molecular formula is C23H24ClN3O4S. The van der Waals surface area contributed by atoms with Crippen molar-refractivity contribution in [2.75, 3.05) is 24.8 Å². The molecule has 7 nitrogen and oxygen atoms in total. The van der Waals surface area contributed by atoms with Crippen LogP contribution in [0.5, 0.6) is 5.75 Å². The molecule has 1 aliphatic rings. The Labute approximate surface area is 196 Å². The average Bonchev–Trinajstić information content (AvgIpc) is 2.79. The van der Waals surface area contributed by atoms with E-state index in [9.17, 15) is 9.59 Å². The summed E-state index contributed by atoms with van der Waals surface area (Å²) in [7, 11) is 1.58. The zero-order valence-corrected chi connectivity index (χ0v) is 19.5. The number of amides is 1. The Morgan fingerprint density at radius 3 is 2.72 bits per heavy atom. The monoisotopic (exact) mass is 473 g/mol. The van der Waals surface area contributed by atoms with Crippen LogP contribution in [0.1, 0.15) is 25.5 Å². The summed E-state index contributed by atoms with van der Waals surface area (Å²) < 4.78 is 10.6. The Balaban J connectivity index is 1.80. The zero-order valence-electron chi connectivity index (χ0n) is 18.0. The van der Waals surface area contributed by atoms with Crippen molar-refractivity contribution in [3.63, 3.8) is 0 Å². The number of anilines is 1. The molecule has 0 unspecified atom stereocenters. The minimum atomic E-state index is -0.584. The zero-order chi connectivity index (χ0) is 23.1. The highest BCUT2D eigenvalue weighted by molar-refractivity contribution is 8.14. The van der Waals surface area contributed by atoms with Crippen molar-refractivity contribution in [3.05, 3.63) is 70.4 Å². The summed E-state index contributed by atoms with van der Waals surface area (Å²) in [5.41, 5.74) is 2.38. The SMILES string of the molecule is CCOC(=O)C1=C(C)NC(SCC(=O)Nc2ccccc2Cl)=N[C@H]1c1cccc(OC)c1. The van der Waals surface area contributed by atoms with Crippen molar-refractivity contribution in [1.82, 2.24) is 5.32 Å². The van der Waals surface area contributed by atoms with Crippen LogP contribution in [0.2, 0.25) is 5.02 Å². The number of hydrogen-bond acceptors (Lipinski definition) is 7. The third-order valence-electron chi connectivity index (χ3n) is 4.61. The molecule has 0 saturated carbocycles. The summed E-state index contributed by atoms with van der Waals surface area (Å²) in [5.74, 6) is 0.118. The molecule has 32 heavy (non-hydrogen) atoms. The fourth-order valence-corrected chi connectivity index (χ4v) is 4.06. The molecule has 168 valence electrons. The number of allylic oxidation sites excluding steroid dienone is 1. The lowest BCUT2D eigenvalue weighted by atomic mass is 9.96. The predicted octanol–water partition coefficient (Wildman–Crippen LogP) is 4.56. The number of methoxy groups -OCH3 is 1. The molecule has 0 aliphatic carbocycles. The molecule has 0 saturated heterocycles. The van der Waals surface area contributed by atoms with Crippen molar-refractivity contribution in [2.24, 2.45) is 4.99 Å². The third-order valence-corrected chi connectivity index (χ3v) is 5.83. The minimum Gasteiger partial charge on any atom is -0.497 e. The third kappa shape index (κ3) is 5.83. The molecule has 0 bridgehead atoms. The highest BCUT2D eigenvalue weighted by atomic mass is 35.5. The van der Waals surface area contributed by atoms with Crippen LogP contribution < -0.4 is 15.4 Å². The van der Waals surface area contributed by atoms with Gasteiger partial charge in [0, 0.05) is 5.70 Å². The van der Waals surface area contributed by atoms with E-state index in [1.807, 2.05) is 24.3 Å². The maximum Gasteiger partial charge on any atom is 0.338 e. The highest BCUT2D eigenvalue weighted by Gasteiger charge is 2.30. The van der Waals surface area contributed by atoms with E-state index < -0.39 is 12.0 Å². The van der Waals surface area contributed by atoms with Gasteiger partial charge in [-0.2, -0.15) is 0 Å². The van der Waals surface area contributed by atoms with E-state index in [1.54, 1.807) is 45.2 Å². The second kappa shape index (κ2) is 11.1. The molecular weight excluding hydrogens is 450 g/mol. The highest BCUT2D eigenvalue weighted by Crippen LogP contribution is 2.34. The van der Waals surface area contributed by atoms with Crippen molar-refractivity contribution in [2.45, 2.75) is 19.9 Å². The number of para-hydroxylation sites is 1. The van der Waals surface area contributed by atoms with Crippen LogP contribution in [0.4, 0.5) is 5.69 Å². The average molecular weight is 474 g/mol. The van der Waals surface area contributed by atoms with Gasteiger partial charge in [-0.25, -0.2) is 9.79 Å². The summed E-state index contributed by atoms with van der Waals surface area (Å²) in [5, 5.41) is 6.90. The van der Waals surface area contributed by atoms with Crippen LogP contribution in [0.3, 0.4) is 0 Å². The first kappa shape index (κ1) is 23.7. The number of aliphatic imine (C=N–C) groups is 1. The number of carbonyl (C=O) groups is 2. The standard InChI is InChI=1S/C23H24ClN3O4S/c1-4-31-22(29)20-14(2)25-23(27-21(20)15-8-7-9-16(12-15)30-3)32-13-19(28)26-18-11-6-5-10-17(18)24/h5-12,21H,4,13H2,1-3H3,(H,25,27)(H,26,28)/t21-/m0/s1. The van der Waals surface area contributed by atoms with E-state index in [0.717, 1.165) is 5.56 Å². The molecule has 0 aromatic heterocycles. The van der Waals surface area contributed by atoms with Crippen molar-refractivity contribution >= 4 is 46.1 Å². The molecule has 1 aliphatic heterocycles. The maximum absolute atomic E-state index is 12.7. The number of esters is 1. The van der Waals surface area contributed by atoms with E-state index >= 15 is 0 Å². The van der Waals surface area contributed by atoms with Gasteiger partial charge < -0.3 is 20.1 Å². The lowest BCUT2D eigenvalue weighted by Crippen LogP contribution is -2.31. The van der Waals surface area contributed by atoms with Crippen LogP contribution in [0.15, 0.2) is 64.8 Å². The molecule has 0 spiro atoms. The number of thioether (sulfide) groups is 1. The predicted molar refractivity (Wildman–Crippen MR) is 128 cm³/mol. The second-order valence-electron chi connectivity index (χ2n) is 6.81. The first-order valence-corrected chi connectivity index (χ1v) is 11.3. The number of benzene rings is 2. The summed E-state index contributed by atoms with van der Waals surface area (Å²) in [6.45, 7) is 3.80. The summed E-state index contributed by atoms with van der Waals surface area (Å²) >= 11 is 7.34. The van der Waals surface area contributed by atoms with Gasteiger partial charge in [0.05, 0.1) is 35.8 Å². The van der Waals surface area contributed by atoms with Crippen molar-refractivity contribution in [1.29, 1.82) is 0 Å². The topological polar surface area (TPSA) is 89.0 Å². The Hall–Kier alpha value is -2.97. The first-order valence-electron chi connectivity index (χ1n) is 9.96. The smallest absolute Gasteiger partial charge is 0.338 e. The molecule has 0 fully saturated rings. The summed E-state index contributed by atoms with van der Waals surface area (Å²) in [6.07, 6.45) is 0. The van der Waals surface area contributed by atoms with E-state index in [-0.39, 0.29) is 18.3 Å². The van der Waals surface area contributed by atoms with Crippen molar-refractivity contribution in [3.8, 4) is 5.75 Å². The van der Waals surface area contributed by atoms with Gasteiger partial charge in [0.25, 0.3) is 0 Å². The number of amidine groups is 1. The normalized spacial score (nSPS) is 15.5. The van der Waals surface area contributed by atoms with Gasteiger partial charge in [-0.05, 0) is 43.7 Å². The van der Waals surface area contributed by atoms with E-state index in [2.05, 4.69) is 10.6 Å². The first-order chi connectivity index (χ1) is 15.4. The molecule has 2 aromatic carbocycles. The Morgan fingerprint density at radius 1 is 1.22 bits per heavy atom. The summed E-state index contributed by atoms with van der Waals surface area (Å²) in [6, 6.07) is 13.8. The maximum atomic E-state index is 12.7. The number of nitrogens with one attached hydrogen (secondary N) is 2. The van der Waals surface area contributed by atoms with Crippen molar-refractivity contribution < 1.29 is 19.1 Å². The van der Waals surface area contributed by atoms with Gasteiger partial charge in [-0.1, -0.05) is 47.6 Å². The molecule has 1 amide bonds. The Kier molecular flexibility index (Phi) is 8.19.